The van der Waals surface area contributed by atoms with E-state index in [9.17, 15) is 9.90 Å². The molecule has 0 atom stereocenters. The predicted octanol–water partition coefficient (Wildman–Crippen LogP) is 1.79. The fraction of sp³-hybridized carbons (Fsp3) is 0.900. The molecule has 0 bridgehead atoms. The molecule has 0 aromatic carbocycles. The second-order valence-corrected chi connectivity index (χ2v) is 4.15. The standard InChI is InChI=1S/C10H18O3/c1-2-8-3-5-10(13,6-4-8)7-9(11)12/h8,13H,2-7H2,1H3,(H,11,12). The van der Waals surface area contributed by atoms with Crippen LogP contribution in [0.15, 0.2) is 0 Å². The molecule has 0 aromatic rings. The van der Waals surface area contributed by atoms with E-state index in [1.807, 2.05) is 0 Å². The Morgan fingerprint density at radius 1 is 1.46 bits per heavy atom. The van der Waals surface area contributed by atoms with Crippen molar-refractivity contribution in [3.63, 3.8) is 0 Å². The maximum Gasteiger partial charge on any atom is 0.306 e. The van der Waals surface area contributed by atoms with Crippen molar-refractivity contribution in [2.75, 3.05) is 0 Å². The molecule has 0 amide bonds. The zero-order chi connectivity index (χ0) is 9.90. The third-order valence-corrected chi connectivity index (χ3v) is 3.09. The molecule has 0 saturated heterocycles. The van der Waals surface area contributed by atoms with Crippen molar-refractivity contribution in [2.45, 2.75) is 51.0 Å². The molecule has 1 saturated carbocycles. The first-order chi connectivity index (χ1) is 6.06. The summed E-state index contributed by atoms with van der Waals surface area (Å²) in [6.07, 6.45) is 4.29. The molecule has 1 rings (SSSR count). The van der Waals surface area contributed by atoms with Crippen LogP contribution in [0.3, 0.4) is 0 Å². The van der Waals surface area contributed by atoms with Crippen molar-refractivity contribution in [2.24, 2.45) is 5.92 Å². The smallest absolute Gasteiger partial charge is 0.306 e. The number of carbonyl (C=O) groups is 1. The Hall–Kier alpha value is -0.570. The average molecular weight is 186 g/mol. The Kier molecular flexibility index (Phi) is 3.31. The topological polar surface area (TPSA) is 57.5 Å². The van der Waals surface area contributed by atoms with Gasteiger partial charge in [-0.3, -0.25) is 4.79 Å². The van der Waals surface area contributed by atoms with Gasteiger partial charge in [-0.05, 0) is 31.6 Å². The van der Waals surface area contributed by atoms with E-state index in [0.717, 1.165) is 19.3 Å². The minimum atomic E-state index is -0.919. The van der Waals surface area contributed by atoms with Crippen LogP contribution in [0.4, 0.5) is 0 Å². The van der Waals surface area contributed by atoms with E-state index >= 15 is 0 Å². The molecule has 0 radical (unpaired) electrons. The van der Waals surface area contributed by atoms with E-state index in [-0.39, 0.29) is 6.42 Å². The van der Waals surface area contributed by atoms with Crippen molar-refractivity contribution < 1.29 is 15.0 Å². The van der Waals surface area contributed by atoms with Gasteiger partial charge in [0.25, 0.3) is 0 Å². The van der Waals surface area contributed by atoms with Gasteiger partial charge in [-0.2, -0.15) is 0 Å². The van der Waals surface area contributed by atoms with E-state index in [1.54, 1.807) is 0 Å². The number of carboxylic acids is 1. The first-order valence-electron chi connectivity index (χ1n) is 5.00. The number of aliphatic carboxylic acids is 1. The van der Waals surface area contributed by atoms with Gasteiger partial charge < -0.3 is 10.2 Å². The number of hydrogen-bond donors (Lipinski definition) is 2. The fourth-order valence-electron chi connectivity index (χ4n) is 2.08. The van der Waals surface area contributed by atoms with E-state index in [1.165, 1.54) is 0 Å². The predicted molar refractivity (Wildman–Crippen MR) is 49.5 cm³/mol. The third-order valence-electron chi connectivity index (χ3n) is 3.09. The maximum atomic E-state index is 10.5. The molecule has 0 aromatic heterocycles. The van der Waals surface area contributed by atoms with Gasteiger partial charge in [0.1, 0.15) is 0 Å². The van der Waals surface area contributed by atoms with Crippen LogP contribution in [0.5, 0.6) is 0 Å². The molecule has 13 heavy (non-hydrogen) atoms. The summed E-state index contributed by atoms with van der Waals surface area (Å²) in [5.41, 5.74) is -0.919. The molecule has 1 aliphatic carbocycles. The van der Waals surface area contributed by atoms with Crippen LogP contribution < -0.4 is 0 Å². The van der Waals surface area contributed by atoms with Crippen molar-refractivity contribution in [1.82, 2.24) is 0 Å². The quantitative estimate of drug-likeness (QED) is 0.706. The van der Waals surface area contributed by atoms with Gasteiger partial charge in [0.15, 0.2) is 0 Å². The lowest BCUT2D eigenvalue weighted by atomic mass is 9.76. The summed E-state index contributed by atoms with van der Waals surface area (Å²) < 4.78 is 0. The summed E-state index contributed by atoms with van der Waals surface area (Å²) in [6, 6.07) is 0. The van der Waals surface area contributed by atoms with Gasteiger partial charge in [0, 0.05) is 0 Å². The minimum Gasteiger partial charge on any atom is -0.481 e. The summed E-state index contributed by atoms with van der Waals surface area (Å²) in [5.74, 6) is -0.202. The molecule has 3 nitrogen and oxygen atoms in total. The summed E-state index contributed by atoms with van der Waals surface area (Å²) in [4.78, 5) is 10.5. The maximum absolute atomic E-state index is 10.5. The number of carboxylic acid groups (broad SMARTS) is 1. The molecule has 3 heteroatoms. The highest BCUT2D eigenvalue weighted by atomic mass is 16.4. The monoisotopic (exact) mass is 186 g/mol. The van der Waals surface area contributed by atoms with E-state index in [4.69, 9.17) is 5.11 Å². The van der Waals surface area contributed by atoms with Crippen molar-refractivity contribution >= 4 is 5.97 Å². The lowest BCUT2D eigenvalue weighted by Gasteiger charge is -2.34. The van der Waals surface area contributed by atoms with E-state index < -0.39 is 11.6 Å². The summed E-state index contributed by atoms with van der Waals surface area (Å²) in [5, 5.41) is 18.5. The van der Waals surface area contributed by atoms with Gasteiger partial charge >= 0.3 is 5.97 Å². The minimum absolute atomic E-state index is 0.0938. The van der Waals surface area contributed by atoms with Crippen molar-refractivity contribution in [1.29, 1.82) is 0 Å². The zero-order valence-corrected chi connectivity index (χ0v) is 8.12. The molecule has 1 aliphatic rings. The molecule has 0 heterocycles. The summed E-state index contributed by atoms with van der Waals surface area (Å²) in [7, 11) is 0. The third kappa shape index (κ3) is 2.99. The Labute approximate surface area is 78.8 Å². The fourth-order valence-corrected chi connectivity index (χ4v) is 2.08. The Morgan fingerprint density at radius 3 is 2.38 bits per heavy atom. The number of rotatable bonds is 3. The van der Waals surface area contributed by atoms with Crippen molar-refractivity contribution in [3.05, 3.63) is 0 Å². The molecule has 76 valence electrons. The molecule has 2 N–H and O–H groups in total. The normalized spacial score (nSPS) is 34.5. The Morgan fingerprint density at radius 2 is 2.00 bits per heavy atom. The van der Waals surface area contributed by atoms with Gasteiger partial charge in [0.05, 0.1) is 12.0 Å². The highest BCUT2D eigenvalue weighted by molar-refractivity contribution is 5.68. The van der Waals surface area contributed by atoms with Crippen LogP contribution in [-0.4, -0.2) is 21.8 Å². The Bertz CT molecular complexity index is 181. The van der Waals surface area contributed by atoms with E-state index in [2.05, 4.69) is 6.92 Å². The molecule has 0 aliphatic heterocycles. The highest BCUT2D eigenvalue weighted by Crippen LogP contribution is 2.35. The van der Waals surface area contributed by atoms with E-state index in [0.29, 0.717) is 18.8 Å². The van der Waals surface area contributed by atoms with Crippen LogP contribution in [0.1, 0.15) is 45.4 Å². The highest BCUT2D eigenvalue weighted by Gasteiger charge is 2.34. The van der Waals surface area contributed by atoms with Crippen molar-refractivity contribution in [3.8, 4) is 0 Å². The first-order valence-corrected chi connectivity index (χ1v) is 5.00. The number of aliphatic hydroxyl groups is 1. The average Bonchev–Trinajstić information content (AvgIpc) is 2.04. The molecular weight excluding hydrogens is 168 g/mol. The van der Waals surface area contributed by atoms with Gasteiger partial charge in [-0.1, -0.05) is 13.3 Å². The largest absolute Gasteiger partial charge is 0.481 e. The summed E-state index contributed by atoms with van der Waals surface area (Å²) in [6.45, 7) is 2.15. The van der Waals surface area contributed by atoms with Gasteiger partial charge in [-0.15, -0.1) is 0 Å². The summed E-state index contributed by atoms with van der Waals surface area (Å²) >= 11 is 0. The van der Waals surface area contributed by atoms with Gasteiger partial charge in [0.2, 0.25) is 0 Å². The van der Waals surface area contributed by atoms with Crippen LogP contribution in [0.2, 0.25) is 0 Å². The zero-order valence-electron chi connectivity index (χ0n) is 8.12. The lowest BCUT2D eigenvalue weighted by Crippen LogP contribution is -2.36. The van der Waals surface area contributed by atoms with Crippen LogP contribution >= 0.6 is 0 Å². The molecule has 1 fully saturated rings. The first kappa shape index (κ1) is 10.5. The molecule has 0 unspecified atom stereocenters. The second kappa shape index (κ2) is 4.09. The van der Waals surface area contributed by atoms with Crippen LogP contribution in [0.25, 0.3) is 0 Å². The number of hydrogen-bond acceptors (Lipinski definition) is 2. The van der Waals surface area contributed by atoms with Crippen LogP contribution in [0, 0.1) is 5.92 Å². The second-order valence-electron chi connectivity index (χ2n) is 4.15. The molecule has 0 spiro atoms. The SMILES string of the molecule is CCC1CCC(O)(CC(=O)O)CC1. The Balaban J connectivity index is 2.41. The van der Waals surface area contributed by atoms with Crippen LogP contribution in [-0.2, 0) is 4.79 Å². The van der Waals surface area contributed by atoms with Gasteiger partial charge in [-0.25, -0.2) is 0 Å². The lowest BCUT2D eigenvalue weighted by molar-refractivity contribution is -0.144. The molecular formula is C10H18O3.